The maximum atomic E-state index is 12.3. The van der Waals surface area contributed by atoms with Gasteiger partial charge in [-0.25, -0.2) is 0 Å². The third kappa shape index (κ3) is 4.26. The molecule has 0 aliphatic carbocycles. The topological polar surface area (TPSA) is 47.6 Å². The van der Waals surface area contributed by atoms with Gasteiger partial charge >= 0.3 is 0 Å². The van der Waals surface area contributed by atoms with Crippen LogP contribution in [0.5, 0.6) is 11.5 Å². The first-order valence-corrected chi connectivity index (χ1v) is 8.90. The highest BCUT2D eigenvalue weighted by molar-refractivity contribution is 6.31. The number of halogens is 1. The van der Waals surface area contributed by atoms with Crippen LogP contribution >= 0.6 is 11.6 Å². The van der Waals surface area contributed by atoms with Crippen LogP contribution in [0.1, 0.15) is 30.5 Å². The SMILES string of the molecule is CCOc1cc2c(cc1CNC(=O)Cc1ccccc1Cl)O[C@@H](C)C2. The van der Waals surface area contributed by atoms with Crippen molar-refractivity contribution in [2.45, 2.75) is 39.3 Å². The number of carbonyl (C=O) groups is 1. The molecule has 2 aromatic carbocycles. The zero-order valence-electron chi connectivity index (χ0n) is 14.5. The smallest absolute Gasteiger partial charge is 0.224 e. The van der Waals surface area contributed by atoms with Crippen molar-refractivity contribution in [3.63, 3.8) is 0 Å². The van der Waals surface area contributed by atoms with Gasteiger partial charge in [-0.2, -0.15) is 0 Å². The second-order valence-corrected chi connectivity index (χ2v) is 6.59. The molecule has 1 heterocycles. The Hall–Kier alpha value is -2.20. The molecular weight excluding hydrogens is 338 g/mol. The lowest BCUT2D eigenvalue weighted by Gasteiger charge is -2.13. The molecule has 3 rings (SSSR count). The van der Waals surface area contributed by atoms with Crippen LogP contribution in [-0.2, 0) is 24.2 Å². The summed E-state index contributed by atoms with van der Waals surface area (Å²) in [6.45, 7) is 4.97. The molecule has 1 aliphatic heterocycles. The molecule has 0 saturated carbocycles. The Balaban J connectivity index is 1.69. The second-order valence-electron chi connectivity index (χ2n) is 6.18. The van der Waals surface area contributed by atoms with Crippen molar-refractivity contribution in [2.75, 3.05) is 6.61 Å². The summed E-state index contributed by atoms with van der Waals surface area (Å²) in [5.74, 6) is 1.61. The van der Waals surface area contributed by atoms with Crippen molar-refractivity contribution in [1.29, 1.82) is 0 Å². The molecule has 25 heavy (non-hydrogen) atoms. The lowest BCUT2D eigenvalue weighted by molar-refractivity contribution is -0.120. The minimum Gasteiger partial charge on any atom is -0.494 e. The van der Waals surface area contributed by atoms with E-state index in [0.29, 0.717) is 18.2 Å². The number of fused-ring (bicyclic) bond motifs is 1. The van der Waals surface area contributed by atoms with Gasteiger partial charge in [-0.3, -0.25) is 4.79 Å². The number of carbonyl (C=O) groups excluding carboxylic acids is 1. The van der Waals surface area contributed by atoms with E-state index in [2.05, 4.69) is 5.32 Å². The molecule has 0 fully saturated rings. The van der Waals surface area contributed by atoms with E-state index in [-0.39, 0.29) is 18.4 Å². The molecule has 5 heteroatoms. The van der Waals surface area contributed by atoms with E-state index < -0.39 is 0 Å². The normalized spacial score (nSPS) is 15.4. The van der Waals surface area contributed by atoms with Crippen LogP contribution in [0, 0.1) is 0 Å². The fraction of sp³-hybridized carbons (Fsp3) is 0.350. The summed E-state index contributed by atoms with van der Waals surface area (Å²) in [6.07, 6.45) is 1.31. The molecule has 0 radical (unpaired) electrons. The van der Waals surface area contributed by atoms with E-state index >= 15 is 0 Å². The number of amides is 1. The first-order valence-electron chi connectivity index (χ1n) is 8.52. The molecule has 0 aromatic heterocycles. The summed E-state index contributed by atoms with van der Waals surface area (Å²) in [5, 5.41) is 3.55. The molecule has 1 N–H and O–H groups in total. The first-order chi connectivity index (χ1) is 12.1. The number of rotatable bonds is 6. The maximum absolute atomic E-state index is 12.3. The van der Waals surface area contributed by atoms with E-state index in [1.165, 1.54) is 0 Å². The van der Waals surface area contributed by atoms with Gasteiger partial charge in [-0.15, -0.1) is 0 Å². The zero-order valence-corrected chi connectivity index (χ0v) is 15.2. The monoisotopic (exact) mass is 359 g/mol. The summed E-state index contributed by atoms with van der Waals surface area (Å²) in [6, 6.07) is 11.4. The van der Waals surface area contributed by atoms with Crippen molar-refractivity contribution in [3.05, 3.63) is 58.1 Å². The van der Waals surface area contributed by atoms with E-state index in [9.17, 15) is 4.79 Å². The molecule has 0 bridgehead atoms. The van der Waals surface area contributed by atoms with Gasteiger partial charge in [0.25, 0.3) is 0 Å². The number of benzene rings is 2. The third-order valence-electron chi connectivity index (χ3n) is 4.16. The Morgan fingerprint density at radius 1 is 1.32 bits per heavy atom. The minimum atomic E-state index is -0.0784. The first kappa shape index (κ1) is 17.6. The number of hydrogen-bond donors (Lipinski definition) is 1. The second kappa shape index (κ2) is 7.79. The summed E-state index contributed by atoms with van der Waals surface area (Å²) < 4.78 is 11.6. The summed E-state index contributed by atoms with van der Waals surface area (Å²) in [5.41, 5.74) is 2.89. The van der Waals surface area contributed by atoms with E-state index in [1.54, 1.807) is 6.07 Å². The van der Waals surface area contributed by atoms with Crippen LogP contribution < -0.4 is 14.8 Å². The van der Waals surface area contributed by atoms with E-state index in [4.69, 9.17) is 21.1 Å². The zero-order chi connectivity index (χ0) is 17.8. The predicted octanol–water partition coefficient (Wildman–Crippen LogP) is 3.92. The number of hydrogen-bond acceptors (Lipinski definition) is 3. The van der Waals surface area contributed by atoms with Crippen molar-refractivity contribution < 1.29 is 14.3 Å². The van der Waals surface area contributed by atoms with Crippen molar-refractivity contribution in [1.82, 2.24) is 5.32 Å². The van der Waals surface area contributed by atoms with Gasteiger partial charge in [-0.1, -0.05) is 29.8 Å². The molecule has 0 spiro atoms. The lowest BCUT2D eigenvalue weighted by atomic mass is 10.1. The Kier molecular flexibility index (Phi) is 5.49. The van der Waals surface area contributed by atoms with Crippen molar-refractivity contribution >= 4 is 17.5 Å². The molecule has 0 saturated heterocycles. The van der Waals surface area contributed by atoms with Crippen LogP contribution in [0.3, 0.4) is 0 Å². The summed E-state index contributed by atoms with van der Waals surface area (Å²) in [4.78, 5) is 12.3. The molecule has 1 aliphatic rings. The molecule has 1 atom stereocenters. The molecule has 0 unspecified atom stereocenters. The van der Waals surface area contributed by atoms with Gasteiger partial charge < -0.3 is 14.8 Å². The number of ether oxygens (including phenoxy) is 2. The van der Waals surface area contributed by atoms with Gasteiger partial charge in [-0.05, 0) is 37.6 Å². The van der Waals surface area contributed by atoms with Crippen LogP contribution in [0.15, 0.2) is 36.4 Å². The van der Waals surface area contributed by atoms with Gasteiger partial charge in [0, 0.05) is 29.1 Å². The van der Waals surface area contributed by atoms with Gasteiger partial charge in [0.1, 0.15) is 17.6 Å². The van der Waals surface area contributed by atoms with E-state index in [1.807, 2.05) is 44.2 Å². The van der Waals surface area contributed by atoms with Crippen LogP contribution in [0.4, 0.5) is 0 Å². The highest BCUT2D eigenvalue weighted by Gasteiger charge is 2.22. The fourth-order valence-corrected chi connectivity index (χ4v) is 3.18. The van der Waals surface area contributed by atoms with Gasteiger partial charge in [0.05, 0.1) is 13.0 Å². The van der Waals surface area contributed by atoms with Crippen molar-refractivity contribution in [2.24, 2.45) is 0 Å². The van der Waals surface area contributed by atoms with Gasteiger partial charge in [0.15, 0.2) is 0 Å². The summed E-state index contributed by atoms with van der Waals surface area (Å²) >= 11 is 6.11. The van der Waals surface area contributed by atoms with E-state index in [0.717, 1.165) is 34.6 Å². The third-order valence-corrected chi connectivity index (χ3v) is 4.53. The van der Waals surface area contributed by atoms with Crippen molar-refractivity contribution in [3.8, 4) is 11.5 Å². The quantitative estimate of drug-likeness (QED) is 0.850. The highest BCUT2D eigenvalue weighted by Crippen LogP contribution is 2.35. The predicted molar refractivity (Wildman–Crippen MR) is 98.4 cm³/mol. The van der Waals surface area contributed by atoms with Gasteiger partial charge in [0.2, 0.25) is 5.91 Å². The highest BCUT2D eigenvalue weighted by atomic mass is 35.5. The van der Waals surface area contributed by atoms with Crippen LogP contribution in [0.2, 0.25) is 5.02 Å². The average molecular weight is 360 g/mol. The Labute approximate surface area is 153 Å². The maximum Gasteiger partial charge on any atom is 0.224 e. The molecule has 2 aromatic rings. The van der Waals surface area contributed by atoms with Crippen LogP contribution in [-0.4, -0.2) is 18.6 Å². The Bertz CT molecular complexity index is 776. The Morgan fingerprint density at radius 2 is 2.12 bits per heavy atom. The minimum absolute atomic E-state index is 0.0784. The lowest BCUT2D eigenvalue weighted by Crippen LogP contribution is -2.25. The molecular formula is C20H22ClNO3. The molecule has 132 valence electrons. The Morgan fingerprint density at radius 3 is 2.88 bits per heavy atom. The molecule has 4 nitrogen and oxygen atoms in total. The largest absolute Gasteiger partial charge is 0.494 e. The average Bonchev–Trinajstić information content (AvgIpc) is 2.94. The number of nitrogens with one attached hydrogen (secondary N) is 1. The standard InChI is InChI=1S/C20H22ClNO3/c1-3-24-18-9-15-8-13(2)25-19(15)10-16(18)12-22-20(23)11-14-6-4-5-7-17(14)21/h4-7,9-10,13H,3,8,11-12H2,1-2H3,(H,22,23)/t13-/m0/s1. The summed E-state index contributed by atoms with van der Waals surface area (Å²) in [7, 11) is 0. The molecule has 1 amide bonds. The van der Waals surface area contributed by atoms with Crippen LogP contribution in [0.25, 0.3) is 0 Å². The fourth-order valence-electron chi connectivity index (χ4n) is 2.98.